The number of rotatable bonds is 4. The van der Waals surface area contributed by atoms with Crippen molar-refractivity contribution < 1.29 is 15.0 Å². The highest BCUT2D eigenvalue weighted by Gasteiger charge is 2.14. The molecule has 0 aliphatic heterocycles. The molecule has 1 amide bonds. The molecular weight excluding hydrogens is 212 g/mol. The van der Waals surface area contributed by atoms with Crippen LogP contribution in [0.4, 0.5) is 0 Å². The van der Waals surface area contributed by atoms with Crippen LogP contribution in [0, 0.1) is 0 Å². The van der Waals surface area contributed by atoms with E-state index in [1.54, 1.807) is 0 Å². The van der Waals surface area contributed by atoms with Crippen molar-refractivity contribution in [3.05, 3.63) is 34.2 Å². The van der Waals surface area contributed by atoms with Gasteiger partial charge in [-0.1, -0.05) is 11.2 Å². The van der Waals surface area contributed by atoms with Crippen LogP contribution in [0.15, 0.2) is 23.3 Å². The fourth-order valence-electron chi connectivity index (χ4n) is 1.11. The van der Waals surface area contributed by atoms with E-state index < -0.39 is 5.91 Å². The van der Waals surface area contributed by atoms with Crippen LogP contribution < -0.4 is 5.32 Å². The van der Waals surface area contributed by atoms with Gasteiger partial charge in [0.15, 0.2) is 0 Å². The highest BCUT2D eigenvalue weighted by Crippen LogP contribution is 2.25. The summed E-state index contributed by atoms with van der Waals surface area (Å²) in [5.74, 6) is -1.23. The Morgan fingerprint density at radius 1 is 1.44 bits per heavy atom. The Morgan fingerprint density at radius 3 is 2.62 bits per heavy atom. The summed E-state index contributed by atoms with van der Waals surface area (Å²) in [4.78, 5) is 14.0. The third-order valence-electron chi connectivity index (χ3n) is 1.81. The monoisotopic (exact) mass is 222 g/mol. The maximum Gasteiger partial charge on any atom is 0.258 e. The van der Waals surface area contributed by atoms with Gasteiger partial charge in [-0.05, 0) is 17.7 Å². The largest absolute Gasteiger partial charge is 0.507 e. The fraction of sp³-hybridized carbons (Fsp3) is 0.222. The molecular formula is C9H10N4O3. The van der Waals surface area contributed by atoms with Gasteiger partial charge >= 0.3 is 0 Å². The first kappa shape index (κ1) is 11.7. The number of aromatic hydroxyl groups is 2. The van der Waals surface area contributed by atoms with Gasteiger partial charge in [-0.25, -0.2) is 0 Å². The molecule has 84 valence electrons. The molecule has 0 aliphatic rings. The van der Waals surface area contributed by atoms with E-state index in [1.165, 1.54) is 18.2 Å². The molecule has 0 heterocycles. The number of nitrogens with one attached hydrogen (secondary N) is 1. The number of hydrogen-bond acceptors (Lipinski definition) is 4. The lowest BCUT2D eigenvalue weighted by Crippen LogP contribution is -2.26. The number of azide groups is 1. The zero-order valence-corrected chi connectivity index (χ0v) is 8.29. The molecule has 0 bridgehead atoms. The Bertz CT molecular complexity index is 420. The van der Waals surface area contributed by atoms with E-state index in [4.69, 9.17) is 5.53 Å². The van der Waals surface area contributed by atoms with E-state index in [-0.39, 0.29) is 30.2 Å². The first-order valence-electron chi connectivity index (χ1n) is 4.47. The maximum absolute atomic E-state index is 11.5. The van der Waals surface area contributed by atoms with Crippen LogP contribution in [0.25, 0.3) is 10.4 Å². The molecule has 0 aliphatic carbocycles. The number of nitrogens with zero attached hydrogens (tertiary/aromatic N) is 3. The average molecular weight is 222 g/mol. The predicted molar refractivity (Wildman–Crippen MR) is 56.1 cm³/mol. The maximum atomic E-state index is 11.5. The van der Waals surface area contributed by atoms with Gasteiger partial charge in [0.25, 0.3) is 5.91 Å². The van der Waals surface area contributed by atoms with E-state index >= 15 is 0 Å². The molecule has 0 fully saturated rings. The van der Waals surface area contributed by atoms with E-state index in [2.05, 4.69) is 15.3 Å². The normalized spacial score (nSPS) is 9.25. The molecule has 16 heavy (non-hydrogen) atoms. The Morgan fingerprint density at radius 2 is 2.06 bits per heavy atom. The second-order valence-electron chi connectivity index (χ2n) is 2.88. The Hall–Kier alpha value is -2.40. The fourth-order valence-corrected chi connectivity index (χ4v) is 1.11. The van der Waals surface area contributed by atoms with Gasteiger partial charge in [0.1, 0.15) is 17.1 Å². The number of phenols is 2. The molecule has 0 saturated carbocycles. The molecule has 0 atom stereocenters. The van der Waals surface area contributed by atoms with Crippen molar-refractivity contribution in [1.29, 1.82) is 0 Å². The van der Waals surface area contributed by atoms with Gasteiger partial charge in [0.2, 0.25) is 0 Å². The van der Waals surface area contributed by atoms with E-state index in [0.29, 0.717) is 0 Å². The second kappa shape index (κ2) is 5.47. The highest BCUT2D eigenvalue weighted by molar-refractivity contribution is 5.99. The van der Waals surface area contributed by atoms with Crippen molar-refractivity contribution in [2.45, 2.75) is 0 Å². The summed E-state index contributed by atoms with van der Waals surface area (Å²) in [7, 11) is 0. The molecule has 0 aromatic heterocycles. The third-order valence-corrected chi connectivity index (χ3v) is 1.81. The quantitative estimate of drug-likeness (QED) is 0.306. The summed E-state index contributed by atoms with van der Waals surface area (Å²) in [5.41, 5.74) is 7.81. The van der Waals surface area contributed by atoms with Crippen molar-refractivity contribution in [2.75, 3.05) is 13.1 Å². The minimum absolute atomic E-state index is 0.108. The molecule has 0 radical (unpaired) electrons. The van der Waals surface area contributed by atoms with Crippen molar-refractivity contribution in [2.24, 2.45) is 5.11 Å². The van der Waals surface area contributed by atoms with Crippen LogP contribution in [0.1, 0.15) is 10.4 Å². The van der Waals surface area contributed by atoms with Crippen LogP contribution >= 0.6 is 0 Å². The molecule has 1 rings (SSSR count). The number of hydrogen-bond donors (Lipinski definition) is 3. The molecule has 7 heteroatoms. The van der Waals surface area contributed by atoms with Gasteiger partial charge < -0.3 is 15.5 Å². The second-order valence-corrected chi connectivity index (χ2v) is 2.88. The zero-order chi connectivity index (χ0) is 12.0. The summed E-state index contributed by atoms with van der Waals surface area (Å²) in [6.45, 7) is 0.243. The van der Waals surface area contributed by atoms with Crippen LogP contribution in [0.2, 0.25) is 0 Å². The summed E-state index contributed by atoms with van der Waals surface area (Å²) in [5, 5.41) is 24.3. The minimum atomic E-state index is -0.622. The van der Waals surface area contributed by atoms with Crippen molar-refractivity contribution in [1.82, 2.24) is 5.32 Å². The summed E-state index contributed by atoms with van der Waals surface area (Å²) in [6, 6.07) is 4.01. The standard InChI is InChI=1S/C9H10N4O3/c10-13-12-5-4-11-9(16)8-6(14)2-1-3-7(8)15/h1-3,14-15H,4-5H2,(H,11,16). The first-order chi connectivity index (χ1) is 7.66. The number of carbonyl (C=O) groups excluding carboxylic acids is 1. The molecule has 7 nitrogen and oxygen atoms in total. The van der Waals surface area contributed by atoms with Gasteiger partial charge in [0.05, 0.1) is 0 Å². The molecule has 0 saturated heterocycles. The summed E-state index contributed by atoms with van der Waals surface area (Å²) in [6.07, 6.45) is 0. The summed E-state index contributed by atoms with van der Waals surface area (Å²) < 4.78 is 0. The summed E-state index contributed by atoms with van der Waals surface area (Å²) >= 11 is 0. The lowest BCUT2D eigenvalue weighted by molar-refractivity contribution is 0.0949. The molecule has 0 unspecified atom stereocenters. The topological polar surface area (TPSA) is 118 Å². The number of benzene rings is 1. The lowest BCUT2D eigenvalue weighted by Gasteiger charge is -2.06. The number of phenolic OH excluding ortho intramolecular Hbond substituents is 2. The van der Waals surface area contributed by atoms with Gasteiger partial charge in [-0.15, -0.1) is 0 Å². The number of amides is 1. The number of carbonyl (C=O) groups is 1. The van der Waals surface area contributed by atoms with Crippen molar-refractivity contribution in [3.63, 3.8) is 0 Å². The van der Waals surface area contributed by atoms with Gasteiger partial charge in [0, 0.05) is 18.0 Å². The van der Waals surface area contributed by atoms with Gasteiger partial charge in [-0.3, -0.25) is 4.79 Å². The van der Waals surface area contributed by atoms with Gasteiger partial charge in [-0.2, -0.15) is 0 Å². The van der Waals surface area contributed by atoms with Crippen molar-refractivity contribution >= 4 is 5.91 Å². The van der Waals surface area contributed by atoms with Crippen LogP contribution in [0.3, 0.4) is 0 Å². The minimum Gasteiger partial charge on any atom is -0.507 e. The van der Waals surface area contributed by atoms with Crippen LogP contribution in [-0.4, -0.2) is 29.2 Å². The Kier molecular flexibility index (Phi) is 3.99. The molecule has 0 spiro atoms. The predicted octanol–water partition coefficient (Wildman–Crippen LogP) is 1.14. The lowest BCUT2D eigenvalue weighted by atomic mass is 10.1. The van der Waals surface area contributed by atoms with E-state index in [1.807, 2.05) is 0 Å². The smallest absolute Gasteiger partial charge is 0.258 e. The molecule has 1 aromatic rings. The highest BCUT2D eigenvalue weighted by atomic mass is 16.3. The molecule has 1 aromatic carbocycles. The molecule has 3 N–H and O–H groups in total. The third kappa shape index (κ3) is 2.79. The van der Waals surface area contributed by atoms with Crippen LogP contribution in [-0.2, 0) is 0 Å². The van der Waals surface area contributed by atoms with E-state index in [0.717, 1.165) is 0 Å². The SMILES string of the molecule is [N-]=[N+]=NCCNC(=O)c1c(O)cccc1O. The van der Waals surface area contributed by atoms with E-state index in [9.17, 15) is 15.0 Å². The van der Waals surface area contributed by atoms with Crippen molar-refractivity contribution in [3.8, 4) is 11.5 Å². The van der Waals surface area contributed by atoms with Crippen LogP contribution in [0.5, 0.6) is 11.5 Å². The average Bonchev–Trinajstić information content (AvgIpc) is 2.24. The first-order valence-corrected chi connectivity index (χ1v) is 4.47. The Balaban J connectivity index is 2.69. The Labute approximate surface area is 91.0 Å². The zero-order valence-electron chi connectivity index (χ0n) is 8.29.